The van der Waals surface area contributed by atoms with E-state index in [0.29, 0.717) is 11.3 Å². The average molecular weight is 263 g/mol. The summed E-state index contributed by atoms with van der Waals surface area (Å²) < 4.78 is 0. The SMILES string of the molecule is N#Cc1ccc(C(=O)Nc2ccc3c(c2)CCC3)cn1. The fraction of sp³-hybridized carbons (Fsp3) is 0.188. The molecule has 2 aromatic rings. The lowest BCUT2D eigenvalue weighted by Gasteiger charge is -2.07. The van der Waals surface area contributed by atoms with Crippen molar-refractivity contribution in [2.45, 2.75) is 19.3 Å². The van der Waals surface area contributed by atoms with Crippen LogP contribution >= 0.6 is 0 Å². The van der Waals surface area contributed by atoms with Crippen LogP contribution in [0.15, 0.2) is 36.5 Å². The van der Waals surface area contributed by atoms with Gasteiger partial charge in [0.25, 0.3) is 5.91 Å². The lowest BCUT2D eigenvalue weighted by Crippen LogP contribution is -2.12. The number of fused-ring (bicyclic) bond motifs is 1. The van der Waals surface area contributed by atoms with E-state index >= 15 is 0 Å². The van der Waals surface area contributed by atoms with Crippen LogP contribution in [0.2, 0.25) is 0 Å². The molecule has 1 heterocycles. The van der Waals surface area contributed by atoms with Crippen molar-refractivity contribution in [2.75, 3.05) is 5.32 Å². The molecule has 20 heavy (non-hydrogen) atoms. The molecular weight excluding hydrogens is 250 g/mol. The zero-order valence-electron chi connectivity index (χ0n) is 10.9. The number of carbonyl (C=O) groups excluding carboxylic acids is 1. The van der Waals surface area contributed by atoms with E-state index in [4.69, 9.17) is 5.26 Å². The number of aryl methyl sites for hydroxylation is 2. The maximum atomic E-state index is 12.1. The number of nitrogens with zero attached hydrogens (tertiary/aromatic N) is 2. The van der Waals surface area contributed by atoms with Gasteiger partial charge in [-0.05, 0) is 54.7 Å². The predicted octanol–water partition coefficient (Wildman–Crippen LogP) is 2.69. The molecule has 0 saturated carbocycles. The second-order valence-electron chi connectivity index (χ2n) is 4.84. The molecule has 0 bridgehead atoms. The monoisotopic (exact) mass is 263 g/mol. The number of aromatic nitrogens is 1. The largest absolute Gasteiger partial charge is 0.322 e. The topological polar surface area (TPSA) is 65.8 Å². The van der Waals surface area contributed by atoms with E-state index in [1.807, 2.05) is 18.2 Å². The van der Waals surface area contributed by atoms with Crippen LogP contribution in [0.4, 0.5) is 5.69 Å². The molecule has 0 fully saturated rings. The molecule has 1 aliphatic carbocycles. The van der Waals surface area contributed by atoms with Gasteiger partial charge in [0, 0.05) is 11.9 Å². The molecule has 0 atom stereocenters. The van der Waals surface area contributed by atoms with E-state index in [-0.39, 0.29) is 5.91 Å². The Morgan fingerprint density at radius 1 is 1.20 bits per heavy atom. The van der Waals surface area contributed by atoms with Crippen LogP contribution in [0, 0.1) is 11.3 Å². The first-order valence-electron chi connectivity index (χ1n) is 6.55. The fourth-order valence-electron chi connectivity index (χ4n) is 2.45. The van der Waals surface area contributed by atoms with Gasteiger partial charge in [0.05, 0.1) is 5.56 Å². The van der Waals surface area contributed by atoms with Crippen molar-refractivity contribution in [1.29, 1.82) is 5.26 Å². The molecule has 1 aromatic carbocycles. The van der Waals surface area contributed by atoms with Gasteiger partial charge >= 0.3 is 0 Å². The molecule has 1 amide bonds. The zero-order chi connectivity index (χ0) is 13.9. The van der Waals surface area contributed by atoms with Crippen molar-refractivity contribution in [3.8, 4) is 6.07 Å². The van der Waals surface area contributed by atoms with Crippen molar-refractivity contribution >= 4 is 11.6 Å². The first kappa shape index (κ1) is 12.4. The Balaban J connectivity index is 1.77. The van der Waals surface area contributed by atoms with Gasteiger partial charge in [0.2, 0.25) is 0 Å². The summed E-state index contributed by atoms with van der Waals surface area (Å²) >= 11 is 0. The molecule has 4 nitrogen and oxygen atoms in total. The van der Waals surface area contributed by atoms with Crippen molar-refractivity contribution in [1.82, 2.24) is 4.98 Å². The smallest absolute Gasteiger partial charge is 0.257 e. The number of amides is 1. The summed E-state index contributed by atoms with van der Waals surface area (Å²) in [6.07, 6.45) is 4.81. The highest BCUT2D eigenvalue weighted by Crippen LogP contribution is 2.25. The Morgan fingerprint density at radius 3 is 2.80 bits per heavy atom. The third-order valence-corrected chi connectivity index (χ3v) is 3.50. The maximum absolute atomic E-state index is 12.1. The normalized spacial score (nSPS) is 12.6. The fourth-order valence-corrected chi connectivity index (χ4v) is 2.45. The predicted molar refractivity (Wildman–Crippen MR) is 75.4 cm³/mol. The van der Waals surface area contributed by atoms with E-state index in [1.165, 1.54) is 29.8 Å². The number of nitrogens with one attached hydrogen (secondary N) is 1. The molecule has 1 aliphatic rings. The summed E-state index contributed by atoms with van der Waals surface area (Å²) in [5.74, 6) is -0.208. The van der Waals surface area contributed by atoms with Gasteiger partial charge in [-0.15, -0.1) is 0 Å². The van der Waals surface area contributed by atoms with Gasteiger partial charge < -0.3 is 5.32 Å². The van der Waals surface area contributed by atoms with Gasteiger partial charge in [-0.3, -0.25) is 4.79 Å². The maximum Gasteiger partial charge on any atom is 0.257 e. The first-order valence-corrected chi connectivity index (χ1v) is 6.55. The van der Waals surface area contributed by atoms with Crippen LogP contribution in [-0.4, -0.2) is 10.9 Å². The number of pyridine rings is 1. The summed E-state index contributed by atoms with van der Waals surface area (Å²) in [6, 6.07) is 11.1. The molecule has 0 unspecified atom stereocenters. The molecule has 1 N–H and O–H groups in total. The van der Waals surface area contributed by atoms with Crippen molar-refractivity contribution < 1.29 is 4.79 Å². The number of anilines is 1. The molecule has 0 saturated heterocycles. The van der Waals surface area contributed by atoms with Gasteiger partial charge in [-0.1, -0.05) is 6.07 Å². The quantitative estimate of drug-likeness (QED) is 0.905. The van der Waals surface area contributed by atoms with Crippen LogP contribution in [0.3, 0.4) is 0 Å². The Hall–Kier alpha value is -2.67. The lowest BCUT2D eigenvalue weighted by atomic mass is 10.1. The highest BCUT2D eigenvalue weighted by Gasteiger charge is 2.12. The van der Waals surface area contributed by atoms with Crippen molar-refractivity contribution in [2.24, 2.45) is 0 Å². The molecular formula is C16H13N3O. The summed E-state index contributed by atoms with van der Waals surface area (Å²) in [5.41, 5.74) is 4.26. The van der Waals surface area contributed by atoms with E-state index in [9.17, 15) is 4.79 Å². The van der Waals surface area contributed by atoms with Crippen LogP contribution in [0.1, 0.15) is 33.6 Å². The van der Waals surface area contributed by atoms with E-state index in [0.717, 1.165) is 18.5 Å². The first-order chi connectivity index (χ1) is 9.76. The number of benzene rings is 1. The number of rotatable bonds is 2. The second-order valence-corrected chi connectivity index (χ2v) is 4.84. The summed E-state index contributed by atoms with van der Waals surface area (Å²) in [6.45, 7) is 0. The van der Waals surface area contributed by atoms with E-state index in [1.54, 1.807) is 6.07 Å². The van der Waals surface area contributed by atoms with Crippen molar-refractivity contribution in [3.05, 3.63) is 58.9 Å². The van der Waals surface area contributed by atoms with Gasteiger partial charge in [-0.25, -0.2) is 4.98 Å². The Kier molecular flexibility index (Phi) is 3.18. The summed E-state index contributed by atoms with van der Waals surface area (Å²) in [5, 5.41) is 11.5. The van der Waals surface area contributed by atoms with Gasteiger partial charge in [0.1, 0.15) is 11.8 Å². The summed E-state index contributed by atoms with van der Waals surface area (Å²) in [7, 11) is 0. The Morgan fingerprint density at radius 2 is 2.05 bits per heavy atom. The molecule has 0 radical (unpaired) electrons. The zero-order valence-corrected chi connectivity index (χ0v) is 10.9. The second kappa shape index (κ2) is 5.14. The van der Waals surface area contributed by atoms with Crippen LogP contribution < -0.4 is 5.32 Å². The third kappa shape index (κ3) is 2.39. The molecule has 3 rings (SSSR count). The Labute approximate surface area is 117 Å². The van der Waals surface area contributed by atoms with Crippen LogP contribution in [-0.2, 0) is 12.8 Å². The van der Waals surface area contributed by atoms with E-state index in [2.05, 4.69) is 16.4 Å². The molecule has 0 aliphatic heterocycles. The number of hydrogen-bond acceptors (Lipinski definition) is 3. The highest BCUT2D eigenvalue weighted by atomic mass is 16.1. The van der Waals surface area contributed by atoms with Crippen LogP contribution in [0.25, 0.3) is 0 Å². The number of hydrogen-bond donors (Lipinski definition) is 1. The third-order valence-electron chi connectivity index (χ3n) is 3.50. The Bertz CT molecular complexity index is 699. The number of carbonyl (C=O) groups is 1. The minimum atomic E-state index is -0.208. The highest BCUT2D eigenvalue weighted by molar-refractivity contribution is 6.04. The minimum absolute atomic E-state index is 0.208. The van der Waals surface area contributed by atoms with Crippen LogP contribution in [0.5, 0.6) is 0 Å². The lowest BCUT2D eigenvalue weighted by molar-refractivity contribution is 0.102. The summed E-state index contributed by atoms with van der Waals surface area (Å²) in [4.78, 5) is 16.0. The molecule has 1 aromatic heterocycles. The minimum Gasteiger partial charge on any atom is -0.322 e. The van der Waals surface area contributed by atoms with Crippen molar-refractivity contribution in [3.63, 3.8) is 0 Å². The molecule has 0 spiro atoms. The van der Waals surface area contributed by atoms with Gasteiger partial charge in [-0.2, -0.15) is 5.26 Å². The molecule has 98 valence electrons. The molecule has 4 heteroatoms. The standard InChI is InChI=1S/C16H13N3O/c17-9-15-7-5-13(10-18-15)16(20)19-14-6-4-11-2-1-3-12(11)8-14/h4-8,10H,1-3H2,(H,19,20). The van der Waals surface area contributed by atoms with Gasteiger partial charge in [0.15, 0.2) is 0 Å². The average Bonchev–Trinajstić information content (AvgIpc) is 2.95. The number of nitriles is 1. The van der Waals surface area contributed by atoms with E-state index < -0.39 is 0 Å².